The van der Waals surface area contributed by atoms with E-state index in [2.05, 4.69) is 15.5 Å². The molecule has 0 aliphatic carbocycles. The minimum Gasteiger partial charge on any atom is -0.341 e. The van der Waals surface area contributed by atoms with Crippen LogP contribution < -0.4 is 5.32 Å². The monoisotopic (exact) mass is 404 g/mol. The number of aromatic nitrogens is 2. The summed E-state index contributed by atoms with van der Waals surface area (Å²) in [6.45, 7) is 4.29. The van der Waals surface area contributed by atoms with Gasteiger partial charge in [-0.15, -0.1) is 0 Å². The van der Waals surface area contributed by atoms with E-state index in [-0.39, 0.29) is 17.9 Å². The van der Waals surface area contributed by atoms with E-state index in [4.69, 9.17) is 4.52 Å². The molecule has 1 fully saturated rings. The lowest BCUT2D eigenvalue weighted by atomic mass is 10.1. The largest absolute Gasteiger partial charge is 0.341 e. The van der Waals surface area contributed by atoms with Gasteiger partial charge in [-0.2, -0.15) is 4.98 Å². The maximum Gasteiger partial charge on any atom is 0.251 e. The zero-order valence-electron chi connectivity index (χ0n) is 17.0. The molecule has 0 saturated carbocycles. The molecule has 2 atom stereocenters. The van der Waals surface area contributed by atoms with Crippen LogP contribution in [0.15, 0.2) is 59.1 Å². The van der Waals surface area contributed by atoms with Crippen LogP contribution in [0.25, 0.3) is 11.4 Å². The number of hydrogen-bond donors (Lipinski definition) is 1. The third-order valence-electron chi connectivity index (χ3n) is 5.40. The highest BCUT2D eigenvalue weighted by molar-refractivity contribution is 5.97. The van der Waals surface area contributed by atoms with Crippen molar-refractivity contribution in [1.82, 2.24) is 20.4 Å². The lowest BCUT2D eigenvalue weighted by Gasteiger charge is -2.25. The SMILES string of the molecule is Cc1ccccc1-c1noc([C@@H]2CCCN2C(=O)[C@@H](C)NC(=O)c2ccccc2)n1. The highest BCUT2D eigenvalue weighted by atomic mass is 16.5. The predicted molar refractivity (Wildman–Crippen MR) is 112 cm³/mol. The number of benzene rings is 2. The fourth-order valence-corrected chi connectivity index (χ4v) is 3.77. The first kappa shape index (κ1) is 19.8. The zero-order valence-corrected chi connectivity index (χ0v) is 17.0. The molecule has 1 saturated heterocycles. The second-order valence-corrected chi connectivity index (χ2v) is 7.52. The topological polar surface area (TPSA) is 88.3 Å². The van der Waals surface area contributed by atoms with Gasteiger partial charge in [0, 0.05) is 17.7 Å². The maximum absolute atomic E-state index is 13.0. The molecule has 0 radical (unpaired) electrons. The van der Waals surface area contributed by atoms with E-state index < -0.39 is 6.04 Å². The number of amides is 2. The van der Waals surface area contributed by atoms with Gasteiger partial charge in [-0.3, -0.25) is 9.59 Å². The Labute approximate surface area is 175 Å². The molecule has 2 amide bonds. The van der Waals surface area contributed by atoms with Gasteiger partial charge in [0.2, 0.25) is 17.6 Å². The number of rotatable bonds is 5. The van der Waals surface area contributed by atoms with Crippen molar-refractivity contribution in [3.05, 3.63) is 71.6 Å². The fraction of sp³-hybridized carbons (Fsp3) is 0.304. The smallest absolute Gasteiger partial charge is 0.251 e. The molecule has 0 bridgehead atoms. The lowest BCUT2D eigenvalue weighted by molar-refractivity contribution is -0.134. The normalized spacial score (nSPS) is 17.0. The van der Waals surface area contributed by atoms with Crippen molar-refractivity contribution in [2.75, 3.05) is 6.54 Å². The van der Waals surface area contributed by atoms with E-state index in [1.54, 1.807) is 36.1 Å². The summed E-state index contributed by atoms with van der Waals surface area (Å²) < 4.78 is 5.53. The quantitative estimate of drug-likeness (QED) is 0.703. The summed E-state index contributed by atoms with van der Waals surface area (Å²) in [5.74, 6) is 0.526. The number of carbonyl (C=O) groups excluding carboxylic acids is 2. The number of carbonyl (C=O) groups is 2. The Kier molecular flexibility index (Phi) is 5.61. The highest BCUT2D eigenvalue weighted by Crippen LogP contribution is 2.33. The average molecular weight is 404 g/mol. The molecular formula is C23H24N4O3. The number of likely N-dealkylation sites (tertiary alicyclic amines) is 1. The van der Waals surface area contributed by atoms with E-state index in [0.717, 1.165) is 24.0 Å². The molecular weight excluding hydrogens is 380 g/mol. The summed E-state index contributed by atoms with van der Waals surface area (Å²) in [6.07, 6.45) is 1.60. The number of nitrogens with zero attached hydrogens (tertiary/aromatic N) is 3. The van der Waals surface area contributed by atoms with Crippen LogP contribution in [0, 0.1) is 6.92 Å². The second-order valence-electron chi connectivity index (χ2n) is 7.52. The molecule has 4 rings (SSSR count). The summed E-state index contributed by atoms with van der Waals surface area (Å²) >= 11 is 0. The number of nitrogens with one attached hydrogen (secondary N) is 1. The Hall–Kier alpha value is -3.48. The van der Waals surface area contributed by atoms with Crippen molar-refractivity contribution in [2.24, 2.45) is 0 Å². The van der Waals surface area contributed by atoms with Gasteiger partial charge >= 0.3 is 0 Å². The average Bonchev–Trinajstić information content (AvgIpc) is 3.43. The summed E-state index contributed by atoms with van der Waals surface area (Å²) in [7, 11) is 0. The Morgan fingerprint density at radius 3 is 2.63 bits per heavy atom. The van der Waals surface area contributed by atoms with Crippen LogP contribution in [0.5, 0.6) is 0 Å². The summed E-state index contributed by atoms with van der Waals surface area (Å²) in [6, 6.07) is 15.8. The second kappa shape index (κ2) is 8.49. The molecule has 1 aliphatic rings. The van der Waals surface area contributed by atoms with Crippen molar-refractivity contribution < 1.29 is 14.1 Å². The molecule has 1 N–H and O–H groups in total. The van der Waals surface area contributed by atoms with Gasteiger partial charge in [0.15, 0.2) is 0 Å². The van der Waals surface area contributed by atoms with Crippen molar-refractivity contribution in [3.63, 3.8) is 0 Å². The van der Waals surface area contributed by atoms with Crippen molar-refractivity contribution in [2.45, 2.75) is 38.8 Å². The first-order valence-electron chi connectivity index (χ1n) is 10.1. The van der Waals surface area contributed by atoms with Gasteiger partial charge < -0.3 is 14.7 Å². The van der Waals surface area contributed by atoms with Crippen LogP contribution in [0.3, 0.4) is 0 Å². The third kappa shape index (κ3) is 3.96. The summed E-state index contributed by atoms with van der Waals surface area (Å²) in [4.78, 5) is 31.7. The Bertz CT molecular complexity index is 1050. The zero-order chi connectivity index (χ0) is 21.1. The van der Waals surface area contributed by atoms with Crippen LogP contribution in [0.1, 0.15) is 47.6 Å². The molecule has 154 valence electrons. The van der Waals surface area contributed by atoms with Crippen molar-refractivity contribution in [1.29, 1.82) is 0 Å². The fourth-order valence-electron chi connectivity index (χ4n) is 3.77. The molecule has 2 aromatic carbocycles. The Balaban J connectivity index is 1.48. The molecule has 3 aromatic rings. The maximum atomic E-state index is 13.0. The number of aryl methyl sites for hydroxylation is 1. The van der Waals surface area contributed by atoms with Crippen LogP contribution in [0.2, 0.25) is 0 Å². The molecule has 0 unspecified atom stereocenters. The van der Waals surface area contributed by atoms with Gasteiger partial charge in [-0.1, -0.05) is 47.6 Å². The van der Waals surface area contributed by atoms with Crippen molar-refractivity contribution in [3.8, 4) is 11.4 Å². The number of hydrogen-bond acceptors (Lipinski definition) is 5. The van der Waals surface area contributed by atoms with Crippen LogP contribution >= 0.6 is 0 Å². The van der Waals surface area contributed by atoms with Gasteiger partial charge in [0.05, 0.1) is 0 Å². The van der Waals surface area contributed by atoms with Crippen LogP contribution in [0.4, 0.5) is 0 Å². The van der Waals surface area contributed by atoms with E-state index in [1.165, 1.54) is 0 Å². The van der Waals surface area contributed by atoms with Crippen LogP contribution in [-0.4, -0.2) is 39.4 Å². The highest BCUT2D eigenvalue weighted by Gasteiger charge is 2.36. The van der Waals surface area contributed by atoms with Gasteiger partial charge in [-0.05, 0) is 44.4 Å². The first-order valence-corrected chi connectivity index (χ1v) is 10.1. The van der Waals surface area contributed by atoms with Crippen molar-refractivity contribution >= 4 is 11.8 Å². The summed E-state index contributed by atoms with van der Waals surface area (Å²) in [5, 5.41) is 6.91. The van der Waals surface area contributed by atoms with Gasteiger partial charge in [-0.25, -0.2) is 0 Å². The lowest BCUT2D eigenvalue weighted by Crippen LogP contribution is -2.46. The molecule has 7 nitrogen and oxygen atoms in total. The van der Waals surface area contributed by atoms with Gasteiger partial charge in [0.1, 0.15) is 12.1 Å². The third-order valence-corrected chi connectivity index (χ3v) is 5.40. The van der Waals surface area contributed by atoms with E-state index in [1.807, 2.05) is 37.3 Å². The molecule has 1 aliphatic heterocycles. The molecule has 1 aromatic heterocycles. The Morgan fingerprint density at radius 2 is 1.87 bits per heavy atom. The standard InChI is InChI=1S/C23H24N4O3/c1-15-9-6-7-12-18(15)20-25-22(30-26-20)19-13-8-14-27(19)23(29)16(2)24-21(28)17-10-4-3-5-11-17/h3-7,9-12,16,19H,8,13-14H2,1-2H3,(H,24,28)/t16-,19+/m1/s1. The summed E-state index contributed by atoms with van der Waals surface area (Å²) in [5.41, 5.74) is 2.49. The molecule has 0 spiro atoms. The minimum atomic E-state index is -0.655. The minimum absolute atomic E-state index is 0.155. The van der Waals surface area contributed by atoms with E-state index in [0.29, 0.717) is 23.8 Å². The molecule has 7 heteroatoms. The van der Waals surface area contributed by atoms with E-state index in [9.17, 15) is 9.59 Å². The molecule has 2 heterocycles. The van der Waals surface area contributed by atoms with E-state index >= 15 is 0 Å². The van der Waals surface area contributed by atoms with Gasteiger partial charge in [0.25, 0.3) is 5.91 Å². The van der Waals surface area contributed by atoms with Crippen LogP contribution in [-0.2, 0) is 4.79 Å². The Morgan fingerprint density at radius 1 is 1.13 bits per heavy atom. The molecule has 30 heavy (non-hydrogen) atoms. The predicted octanol–water partition coefficient (Wildman–Crippen LogP) is 3.53. The first-order chi connectivity index (χ1) is 14.5.